The topological polar surface area (TPSA) is 45.5 Å². The van der Waals surface area contributed by atoms with E-state index < -0.39 is 0 Å². The number of nitrogens with one attached hydrogen (secondary N) is 1. The Kier molecular flexibility index (Phi) is 4.81. The molecule has 0 bridgehead atoms. The number of benzene rings is 1. The predicted octanol–water partition coefficient (Wildman–Crippen LogP) is 2.80. The Morgan fingerprint density at radius 1 is 1.36 bits per heavy atom. The van der Waals surface area contributed by atoms with E-state index in [0.717, 1.165) is 55.0 Å². The molecule has 1 N–H and O–H groups in total. The largest absolute Gasteiger partial charge is 0.460 e. The van der Waals surface area contributed by atoms with Crippen LogP contribution in [0, 0.1) is 6.92 Å². The normalized spacial score (nSPS) is 16.3. The summed E-state index contributed by atoms with van der Waals surface area (Å²) in [6.45, 7) is 6.90. The van der Waals surface area contributed by atoms with Gasteiger partial charge < -0.3 is 14.6 Å². The van der Waals surface area contributed by atoms with E-state index in [1.807, 2.05) is 25.1 Å². The summed E-state index contributed by atoms with van der Waals surface area (Å²) in [6.07, 6.45) is 0.946. The Hall–Kier alpha value is -1.36. The van der Waals surface area contributed by atoms with Crippen molar-refractivity contribution in [3.05, 3.63) is 34.5 Å². The monoisotopic (exact) mass is 320 g/mol. The highest BCUT2D eigenvalue weighted by molar-refractivity contribution is 6.31. The highest BCUT2D eigenvalue weighted by atomic mass is 35.5. The molecule has 2 heterocycles. The van der Waals surface area contributed by atoms with E-state index in [1.165, 1.54) is 0 Å². The first kappa shape index (κ1) is 15.5. The Bertz CT molecular complexity index is 675. The van der Waals surface area contributed by atoms with Gasteiger partial charge in [0.15, 0.2) is 0 Å². The van der Waals surface area contributed by atoms with Gasteiger partial charge in [-0.1, -0.05) is 11.6 Å². The molecule has 5 heteroatoms. The molecule has 22 heavy (non-hydrogen) atoms. The lowest BCUT2D eigenvalue weighted by Crippen LogP contribution is -2.44. The predicted molar refractivity (Wildman–Crippen MR) is 88.6 cm³/mol. The summed E-state index contributed by atoms with van der Waals surface area (Å²) in [7, 11) is 0. The molecule has 0 unspecified atom stereocenters. The van der Waals surface area contributed by atoms with Crippen LogP contribution < -0.4 is 5.32 Å². The van der Waals surface area contributed by atoms with E-state index in [-0.39, 0.29) is 5.78 Å². The van der Waals surface area contributed by atoms with Gasteiger partial charge >= 0.3 is 0 Å². The van der Waals surface area contributed by atoms with E-state index in [2.05, 4.69) is 10.2 Å². The summed E-state index contributed by atoms with van der Waals surface area (Å²) >= 11 is 6.02. The molecule has 3 rings (SSSR count). The average molecular weight is 321 g/mol. The fourth-order valence-electron chi connectivity index (χ4n) is 2.90. The zero-order chi connectivity index (χ0) is 15.5. The van der Waals surface area contributed by atoms with E-state index in [4.69, 9.17) is 16.0 Å². The summed E-state index contributed by atoms with van der Waals surface area (Å²) in [5.74, 6) is 0.995. The average Bonchev–Trinajstić information content (AvgIpc) is 2.82. The number of hydrogen-bond donors (Lipinski definition) is 1. The van der Waals surface area contributed by atoms with E-state index in [0.29, 0.717) is 17.9 Å². The molecule has 0 aliphatic carbocycles. The van der Waals surface area contributed by atoms with Crippen molar-refractivity contribution in [3.63, 3.8) is 0 Å². The maximum absolute atomic E-state index is 12.2. The van der Waals surface area contributed by atoms with Gasteiger partial charge in [-0.3, -0.25) is 4.79 Å². The van der Waals surface area contributed by atoms with Crippen LogP contribution in [0.25, 0.3) is 11.0 Å². The SMILES string of the molecule is Cc1c(CC(=O)CCN2CCNCC2)oc2ccc(Cl)cc12. The quantitative estimate of drug-likeness (QED) is 0.920. The fraction of sp³-hybridized carbons (Fsp3) is 0.471. The molecule has 0 radical (unpaired) electrons. The van der Waals surface area contributed by atoms with Gasteiger partial charge in [-0.2, -0.15) is 0 Å². The first-order valence-electron chi connectivity index (χ1n) is 7.76. The molecule has 1 aromatic heterocycles. The maximum atomic E-state index is 12.2. The summed E-state index contributed by atoms with van der Waals surface area (Å²) in [4.78, 5) is 14.6. The Morgan fingerprint density at radius 2 is 2.14 bits per heavy atom. The van der Waals surface area contributed by atoms with Gasteiger partial charge in [-0.05, 0) is 30.7 Å². The van der Waals surface area contributed by atoms with Crippen LogP contribution in [0.15, 0.2) is 22.6 Å². The number of halogens is 1. The molecular weight excluding hydrogens is 300 g/mol. The van der Waals surface area contributed by atoms with Crippen molar-refractivity contribution in [2.24, 2.45) is 0 Å². The molecule has 1 aliphatic heterocycles. The van der Waals surface area contributed by atoms with Crippen LogP contribution in [-0.2, 0) is 11.2 Å². The number of rotatable bonds is 5. The van der Waals surface area contributed by atoms with Crippen molar-refractivity contribution in [1.29, 1.82) is 0 Å². The molecule has 1 aromatic carbocycles. The van der Waals surface area contributed by atoms with Crippen molar-refractivity contribution in [2.75, 3.05) is 32.7 Å². The number of nitrogens with zero attached hydrogens (tertiary/aromatic N) is 1. The molecule has 0 amide bonds. The number of hydrogen-bond acceptors (Lipinski definition) is 4. The minimum atomic E-state index is 0.229. The second kappa shape index (κ2) is 6.82. The summed E-state index contributed by atoms with van der Waals surface area (Å²) < 4.78 is 5.81. The molecular formula is C17H21ClN2O2. The maximum Gasteiger partial charge on any atom is 0.141 e. The second-order valence-electron chi connectivity index (χ2n) is 5.85. The number of fused-ring (bicyclic) bond motifs is 1. The molecule has 1 saturated heterocycles. The molecule has 1 aliphatic rings. The lowest BCUT2D eigenvalue weighted by atomic mass is 10.1. The lowest BCUT2D eigenvalue weighted by Gasteiger charge is -2.26. The highest BCUT2D eigenvalue weighted by Gasteiger charge is 2.16. The Morgan fingerprint density at radius 3 is 2.91 bits per heavy atom. The summed E-state index contributed by atoms with van der Waals surface area (Å²) in [5, 5.41) is 5.00. The number of piperazine rings is 1. The van der Waals surface area contributed by atoms with Gasteiger partial charge in [-0.15, -0.1) is 0 Å². The zero-order valence-corrected chi connectivity index (χ0v) is 13.6. The van der Waals surface area contributed by atoms with Crippen LogP contribution in [-0.4, -0.2) is 43.4 Å². The third kappa shape index (κ3) is 3.51. The van der Waals surface area contributed by atoms with Gasteiger partial charge in [0.2, 0.25) is 0 Å². The van der Waals surface area contributed by atoms with Crippen LogP contribution in [0.5, 0.6) is 0 Å². The van der Waals surface area contributed by atoms with E-state index >= 15 is 0 Å². The zero-order valence-electron chi connectivity index (χ0n) is 12.8. The summed E-state index contributed by atoms with van der Waals surface area (Å²) in [5.41, 5.74) is 1.82. The van der Waals surface area contributed by atoms with Crippen molar-refractivity contribution in [1.82, 2.24) is 10.2 Å². The minimum Gasteiger partial charge on any atom is -0.460 e. The molecule has 1 fully saturated rings. The smallest absolute Gasteiger partial charge is 0.141 e. The van der Waals surface area contributed by atoms with Crippen LogP contribution in [0.1, 0.15) is 17.7 Å². The standard InChI is InChI=1S/C17H21ClN2O2/c1-12-15-10-13(18)2-3-16(15)22-17(12)11-14(21)4-7-20-8-5-19-6-9-20/h2-3,10,19H,4-9,11H2,1H3. The van der Waals surface area contributed by atoms with Crippen molar-refractivity contribution in [2.45, 2.75) is 19.8 Å². The van der Waals surface area contributed by atoms with Crippen LogP contribution >= 0.6 is 11.6 Å². The van der Waals surface area contributed by atoms with Gasteiger partial charge in [0, 0.05) is 49.6 Å². The van der Waals surface area contributed by atoms with Gasteiger partial charge in [0.25, 0.3) is 0 Å². The second-order valence-corrected chi connectivity index (χ2v) is 6.28. The van der Waals surface area contributed by atoms with Crippen molar-refractivity contribution < 1.29 is 9.21 Å². The first-order valence-corrected chi connectivity index (χ1v) is 8.13. The third-order valence-corrected chi connectivity index (χ3v) is 4.51. The fourth-order valence-corrected chi connectivity index (χ4v) is 3.07. The number of aryl methyl sites for hydroxylation is 1. The molecule has 118 valence electrons. The van der Waals surface area contributed by atoms with Crippen molar-refractivity contribution in [3.8, 4) is 0 Å². The number of furan rings is 1. The number of ketones is 1. The molecule has 0 spiro atoms. The third-order valence-electron chi connectivity index (χ3n) is 4.27. The van der Waals surface area contributed by atoms with Crippen molar-refractivity contribution >= 4 is 28.4 Å². The van der Waals surface area contributed by atoms with Crippen LogP contribution in [0.3, 0.4) is 0 Å². The number of Topliss-reactive ketones (excluding diaryl/α,β-unsaturated/α-hetero) is 1. The lowest BCUT2D eigenvalue weighted by molar-refractivity contribution is -0.119. The Labute approximate surface area is 135 Å². The number of carbonyl (C=O) groups excluding carboxylic acids is 1. The minimum absolute atomic E-state index is 0.229. The van der Waals surface area contributed by atoms with Gasteiger partial charge in [0.1, 0.15) is 17.1 Å². The number of carbonyl (C=O) groups is 1. The first-order chi connectivity index (χ1) is 10.6. The van der Waals surface area contributed by atoms with Crippen LogP contribution in [0.4, 0.5) is 0 Å². The summed E-state index contributed by atoms with van der Waals surface area (Å²) in [6, 6.07) is 5.56. The Balaban J connectivity index is 1.62. The van der Waals surface area contributed by atoms with E-state index in [1.54, 1.807) is 0 Å². The highest BCUT2D eigenvalue weighted by Crippen LogP contribution is 2.28. The van der Waals surface area contributed by atoms with Gasteiger partial charge in [-0.25, -0.2) is 0 Å². The molecule has 0 saturated carbocycles. The molecule has 4 nitrogen and oxygen atoms in total. The van der Waals surface area contributed by atoms with E-state index in [9.17, 15) is 4.79 Å². The van der Waals surface area contributed by atoms with Gasteiger partial charge in [0.05, 0.1) is 6.42 Å². The molecule has 2 aromatic rings. The molecule has 0 atom stereocenters. The van der Waals surface area contributed by atoms with Crippen LogP contribution in [0.2, 0.25) is 5.02 Å².